The number of nitrogens with zero attached hydrogens (tertiary/aromatic N) is 2. The van der Waals surface area contributed by atoms with Crippen LogP contribution in [0.15, 0.2) is 35.4 Å². The van der Waals surface area contributed by atoms with Crippen LogP contribution in [0.3, 0.4) is 0 Å². The molecule has 2 rings (SSSR count). The molecule has 0 N–H and O–H groups in total. The van der Waals surface area contributed by atoms with E-state index in [9.17, 15) is 4.79 Å². The molecule has 1 heterocycles. The van der Waals surface area contributed by atoms with Gasteiger partial charge in [-0.15, -0.1) is 11.8 Å². The van der Waals surface area contributed by atoms with Crippen molar-refractivity contribution in [3.63, 3.8) is 0 Å². The Hall–Kier alpha value is -1.55. The lowest BCUT2D eigenvalue weighted by molar-refractivity contribution is 0.112. The number of thioether (sulfide) groups is 1. The summed E-state index contributed by atoms with van der Waals surface area (Å²) in [6.07, 6.45) is 2.72. The van der Waals surface area contributed by atoms with Gasteiger partial charge >= 0.3 is 0 Å². The van der Waals surface area contributed by atoms with E-state index in [0.717, 1.165) is 24.1 Å². The molecule has 0 aliphatic rings. The number of carbonyl (C=O) groups is 1. The second kappa shape index (κ2) is 6.94. The van der Waals surface area contributed by atoms with Crippen molar-refractivity contribution in [3.8, 4) is 11.3 Å². The van der Waals surface area contributed by atoms with Crippen LogP contribution in [0, 0.1) is 5.92 Å². The fourth-order valence-corrected chi connectivity index (χ4v) is 3.02. The summed E-state index contributed by atoms with van der Waals surface area (Å²) in [5.74, 6) is 0.502. The average molecular weight is 302 g/mol. The quantitative estimate of drug-likeness (QED) is 0.581. The third-order valence-electron chi connectivity index (χ3n) is 2.97. The van der Waals surface area contributed by atoms with Gasteiger partial charge in [-0.25, -0.2) is 0 Å². The summed E-state index contributed by atoms with van der Waals surface area (Å²) < 4.78 is 1.86. The van der Waals surface area contributed by atoms with Crippen molar-refractivity contribution in [1.29, 1.82) is 0 Å². The molecule has 3 nitrogen and oxygen atoms in total. The zero-order valence-electron chi connectivity index (χ0n) is 13.0. The molecule has 0 unspecified atom stereocenters. The molecule has 0 amide bonds. The Kier molecular flexibility index (Phi) is 5.23. The van der Waals surface area contributed by atoms with E-state index in [-0.39, 0.29) is 0 Å². The van der Waals surface area contributed by atoms with Crippen LogP contribution in [0.5, 0.6) is 0 Å². The van der Waals surface area contributed by atoms with Crippen LogP contribution in [-0.4, -0.2) is 21.3 Å². The largest absolute Gasteiger partial charge is 0.298 e. The SMILES string of the molecule is CC(C)Cn1cc(C=O)c(-c2ccc(SC(C)C)cc2)n1. The third-order valence-corrected chi connectivity index (χ3v) is 3.98. The molecule has 1 aromatic carbocycles. The minimum absolute atomic E-state index is 0.502. The van der Waals surface area contributed by atoms with E-state index in [0.29, 0.717) is 16.7 Å². The monoisotopic (exact) mass is 302 g/mol. The maximum atomic E-state index is 11.3. The van der Waals surface area contributed by atoms with Crippen LogP contribution in [0.1, 0.15) is 38.1 Å². The molecule has 0 fully saturated rings. The first-order valence-electron chi connectivity index (χ1n) is 7.29. The number of rotatable bonds is 6. The minimum atomic E-state index is 0.502. The summed E-state index contributed by atoms with van der Waals surface area (Å²) in [6.45, 7) is 9.45. The van der Waals surface area contributed by atoms with E-state index < -0.39 is 0 Å². The van der Waals surface area contributed by atoms with Gasteiger partial charge in [0.25, 0.3) is 0 Å². The fraction of sp³-hybridized carbons (Fsp3) is 0.412. The van der Waals surface area contributed by atoms with Crippen molar-refractivity contribution in [3.05, 3.63) is 36.0 Å². The van der Waals surface area contributed by atoms with Gasteiger partial charge in [-0.05, 0) is 18.1 Å². The Labute approximate surface area is 130 Å². The zero-order chi connectivity index (χ0) is 15.4. The molecule has 1 aromatic heterocycles. The van der Waals surface area contributed by atoms with Crippen molar-refractivity contribution in [2.45, 2.75) is 44.4 Å². The van der Waals surface area contributed by atoms with Gasteiger partial charge in [-0.2, -0.15) is 5.10 Å². The normalized spacial score (nSPS) is 11.3. The predicted octanol–water partition coefficient (Wildman–Crippen LogP) is 4.52. The summed E-state index contributed by atoms with van der Waals surface area (Å²) >= 11 is 1.83. The number of benzene rings is 1. The summed E-state index contributed by atoms with van der Waals surface area (Å²) in [5.41, 5.74) is 2.42. The van der Waals surface area contributed by atoms with Gasteiger partial charge in [0, 0.05) is 28.5 Å². The molecule has 0 bridgehead atoms. The van der Waals surface area contributed by atoms with Crippen molar-refractivity contribution in [2.24, 2.45) is 5.92 Å². The van der Waals surface area contributed by atoms with Crippen molar-refractivity contribution in [1.82, 2.24) is 9.78 Å². The highest BCUT2D eigenvalue weighted by atomic mass is 32.2. The molecule has 112 valence electrons. The molecule has 0 aliphatic heterocycles. The van der Waals surface area contributed by atoms with Crippen LogP contribution in [0.4, 0.5) is 0 Å². The fourth-order valence-electron chi connectivity index (χ4n) is 2.18. The number of hydrogen-bond acceptors (Lipinski definition) is 3. The topological polar surface area (TPSA) is 34.9 Å². The molecule has 2 aromatic rings. The Morgan fingerprint density at radius 3 is 2.38 bits per heavy atom. The van der Waals surface area contributed by atoms with Gasteiger partial charge in [0.15, 0.2) is 6.29 Å². The van der Waals surface area contributed by atoms with Crippen LogP contribution in [0.2, 0.25) is 0 Å². The molecule has 0 saturated heterocycles. The molecule has 0 atom stereocenters. The van der Waals surface area contributed by atoms with Crippen LogP contribution in [0.25, 0.3) is 11.3 Å². The van der Waals surface area contributed by atoms with E-state index in [1.54, 1.807) is 0 Å². The molecule has 4 heteroatoms. The third kappa shape index (κ3) is 4.21. The second-order valence-electron chi connectivity index (χ2n) is 5.86. The minimum Gasteiger partial charge on any atom is -0.298 e. The Morgan fingerprint density at radius 1 is 1.19 bits per heavy atom. The van der Waals surface area contributed by atoms with Gasteiger partial charge < -0.3 is 0 Å². The van der Waals surface area contributed by atoms with E-state index >= 15 is 0 Å². The smallest absolute Gasteiger partial charge is 0.153 e. The summed E-state index contributed by atoms with van der Waals surface area (Å²) in [7, 11) is 0. The van der Waals surface area contributed by atoms with Crippen molar-refractivity contribution < 1.29 is 4.79 Å². The maximum absolute atomic E-state index is 11.3. The summed E-state index contributed by atoms with van der Waals surface area (Å²) in [4.78, 5) is 12.5. The number of hydrogen-bond donors (Lipinski definition) is 0. The molecular formula is C17H22N2OS. The van der Waals surface area contributed by atoms with Gasteiger partial charge in [0.05, 0.1) is 5.56 Å². The molecule has 0 radical (unpaired) electrons. The number of carbonyl (C=O) groups excluding carboxylic acids is 1. The second-order valence-corrected chi connectivity index (χ2v) is 7.51. The van der Waals surface area contributed by atoms with E-state index in [4.69, 9.17) is 0 Å². The van der Waals surface area contributed by atoms with Gasteiger partial charge in [-0.1, -0.05) is 39.8 Å². The zero-order valence-corrected chi connectivity index (χ0v) is 13.9. The van der Waals surface area contributed by atoms with Crippen molar-refractivity contribution >= 4 is 18.0 Å². The highest BCUT2D eigenvalue weighted by molar-refractivity contribution is 7.99. The Balaban J connectivity index is 2.28. The molecule has 21 heavy (non-hydrogen) atoms. The van der Waals surface area contributed by atoms with Gasteiger partial charge in [0.1, 0.15) is 5.69 Å². The Bertz CT molecular complexity index is 600. The van der Waals surface area contributed by atoms with E-state index in [2.05, 4.69) is 44.9 Å². The molecule has 0 saturated carbocycles. The first kappa shape index (κ1) is 15.8. The lowest BCUT2D eigenvalue weighted by atomic mass is 10.1. The summed E-state index contributed by atoms with van der Waals surface area (Å²) in [6, 6.07) is 8.27. The summed E-state index contributed by atoms with van der Waals surface area (Å²) in [5, 5.41) is 5.12. The average Bonchev–Trinajstić information content (AvgIpc) is 2.81. The first-order valence-corrected chi connectivity index (χ1v) is 8.17. The molecule has 0 aliphatic carbocycles. The van der Waals surface area contributed by atoms with Crippen LogP contribution < -0.4 is 0 Å². The van der Waals surface area contributed by atoms with E-state index in [1.807, 2.05) is 34.8 Å². The van der Waals surface area contributed by atoms with E-state index in [1.165, 1.54) is 4.90 Å². The first-order chi connectivity index (χ1) is 9.99. The lowest BCUT2D eigenvalue weighted by Crippen LogP contribution is -2.04. The lowest BCUT2D eigenvalue weighted by Gasteiger charge is -2.06. The molecule has 0 spiro atoms. The molecular weight excluding hydrogens is 280 g/mol. The highest BCUT2D eigenvalue weighted by Gasteiger charge is 2.11. The maximum Gasteiger partial charge on any atom is 0.153 e. The highest BCUT2D eigenvalue weighted by Crippen LogP contribution is 2.27. The predicted molar refractivity (Wildman–Crippen MR) is 88.9 cm³/mol. The number of aromatic nitrogens is 2. The van der Waals surface area contributed by atoms with Crippen LogP contribution in [-0.2, 0) is 6.54 Å². The van der Waals surface area contributed by atoms with Crippen LogP contribution >= 0.6 is 11.8 Å². The Morgan fingerprint density at radius 2 is 1.86 bits per heavy atom. The van der Waals surface area contributed by atoms with Gasteiger partial charge in [0.2, 0.25) is 0 Å². The number of aldehydes is 1. The standard InChI is InChI=1S/C17H22N2OS/c1-12(2)9-19-10-15(11-20)17(18-19)14-5-7-16(8-6-14)21-13(3)4/h5-8,10-13H,9H2,1-4H3. The van der Waals surface area contributed by atoms with Crippen molar-refractivity contribution in [2.75, 3.05) is 0 Å². The van der Waals surface area contributed by atoms with Gasteiger partial charge in [-0.3, -0.25) is 9.48 Å².